The number of nitrogens with zero attached hydrogens (tertiary/aromatic N) is 2. The first kappa shape index (κ1) is 26.8. The molecule has 0 unspecified atom stereocenters. The molecule has 0 fully saturated rings. The smallest absolute Gasteiger partial charge is 0.876 e. The summed E-state index contributed by atoms with van der Waals surface area (Å²) in [5, 5.41) is 20.0. The third-order valence-electron chi connectivity index (χ3n) is 1.99. The largest absolute Gasteiger partial charge is 2.00 e. The molecule has 0 aliphatic rings. The van der Waals surface area contributed by atoms with Crippen LogP contribution in [-0.2, 0) is 26.7 Å². The molecule has 1 aromatic heterocycles. The van der Waals surface area contributed by atoms with Crippen LogP contribution in [0.4, 0.5) is 5.69 Å². The average Bonchev–Trinajstić information content (AvgIpc) is 2.37. The van der Waals surface area contributed by atoms with E-state index in [1.807, 2.05) is 31.1 Å². The summed E-state index contributed by atoms with van der Waals surface area (Å²) in [6.45, 7) is 5.39. The summed E-state index contributed by atoms with van der Waals surface area (Å²) in [6.07, 6.45) is 5.69. The van der Waals surface area contributed by atoms with Gasteiger partial charge in [-0.15, -0.1) is 11.5 Å². The number of hydrogen-bond donors (Lipinski definition) is 0. The van der Waals surface area contributed by atoms with Crippen molar-refractivity contribution < 1.29 is 36.9 Å². The predicted octanol–water partition coefficient (Wildman–Crippen LogP) is 0.824. The minimum Gasteiger partial charge on any atom is -0.876 e. The first-order valence-corrected chi connectivity index (χ1v) is 6.85. The molecular formula is C17H24CuN2O4. The minimum atomic E-state index is -0.187. The maximum absolute atomic E-state index is 9.98. The Hall–Kier alpha value is -2.11. The zero-order valence-corrected chi connectivity index (χ0v) is 15.7. The summed E-state index contributed by atoms with van der Waals surface area (Å²) in [5.74, 6) is -0.750. The Morgan fingerprint density at radius 2 is 1.25 bits per heavy atom. The van der Waals surface area contributed by atoms with E-state index in [1.165, 1.54) is 33.4 Å². The van der Waals surface area contributed by atoms with E-state index < -0.39 is 0 Å². The molecule has 137 valence electrons. The molecule has 0 saturated heterocycles. The molecule has 0 bridgehead atoms. The Labute approximate surface area is 154 Å². The third kappa shape index (κ3) is 22.2. The molecule has 1 radical (unpaired) electrons. The van der Waals surface area contributed by atoms with Gasteiger partial charge in [0.25, 0.3) is 0 Å². The zero-order chi connectivity index (χ0) is 18.4. The van der Waals surface area contributed by atoms with E-state index in [0.717, 1.165) is 12.2 Å². The molecular weight excluding hydrogens is 360 g/mol. The van der Waals surface area contributed by atoms with Crippen LogP contribution in [-0.4, -0.2) is 30.6 Å². The Morgan fingerprint density at radius 3 is 1.38 bits per heavy atom. The molecule has 0 aliphatic heterocycles. The van der Waals surface area contributed by atoms with Gasteiger partial charge in [-0.3, -0.25) is 14.6 Å². The van der Waals surface area contributed by atoms with Crippen LogP contribution in [0.25, 0.3) is 0 Å². The SMILES string of the molecule is CC(=O)/C=C(/C)[O-].CC(=O)/C=C(/C)[O-].CN(C)c1ccncc1.[Cu+2]. The van der Waals surface area contributed by atoms with E-state index in [9.17, 15) is 19.8 Å². The van der Waals surface area contributed by atoms with Gasteiger partial charge in [0.05, 0.1) is 0 Å². The van der Waals surface area contributed by atoms with E-state index >= 15 is 0 Å². The van der Waals surface area contributed by atoms with E-state index in [-0.39, 0.29) is 40.2 Å². The van der Waals surface area contributed by atoms with Gasteiger partial charge in [-0.1, -0.05) is 13.8 Å². The van der Waals surface area contributed by atoms with Crippen LogP contribution in [0.2, 0.25) is 0 Å². The van der Waals surface area contributed by atoms with Crippen LogP contribution in [0.5, 0.6) is 0 Å². The molecule has 0 aliphatic carbocycles. The van der Waals surface area contributed by atoms with Crippen molar-refractivity contribution in [2.24, 2.45) is 0 Å². The summed E-state index contributed by atoms with van der Waals surface area (Å²) >= 11 is 0. The average molecular weight is 384 g/mol. The monoisotopic (exact) mass is 383 g/mol. The van der Waals surface area contributed by atoms with Gasteiger partial charge < -0.3 is 15.1 Å². The molecule has 6 nitrogen and oxygen atoms in total. The molecule has 0 N–H and O–H groups in total. The minimum absolute atomic E-state index is 0. The second kappa shape index (κ2) is 15.8. The molecule has 0 spiro atoms. The van der Waals surface area contributed by atoms with E-state index in [4.69, 9.17) is 0 Å². The fourth-order valence-electron chi connectivity index (χ4n) is 1.21. The number of allylic oxidation sites excluding steroid dienone is 4. The third-order valence-corrected chi connectivity index (χ3v) is 1.99. The van der Waals surface area contributed by atoms with Crippen LogP contribution >= 0.6 is 0 Å². The summed E-state index contributed by atoms with van der Waals surface area (Å²) in [6, 6.07) is 3.94. The number of rotatable bonds is 3. The molecule has 0 amide bonds. The molecule has 0 aromatic carbocycles. The van der Waals surface area contributed by atoms with Crippen LogP contribution in [0, 0.1) is 0 Å². The molecule has 0 saturated carbocycles. The van der Waals surface area contributed by atoms with Gasteiger partial charge in [0.2, 0.25) is 0 Å². The number of ketones is 2. The molecule has 1 aromatic rings. The maximum Gasteiger partial charge on any atom is 2.00 e. The first-order chi connectivity index (χ1) is 10.6. The quantitative estimate of drug-likeness (QED) is 0.435. The van der Waals surface area contributed by atoms with Crippen molar-refractivity contribution in [2.45, 2.75) is 27.7 Å². The normalized spacial score (nSPS) is 10.1. The van der Waals surface area contributed by atoms with Crippen molar-refractivity contribution in [3.05, 3.63) is 48.2 Å². The summed E-state index contributed by atoms with van der Waals surface area (Å²) < 4.78 is 0. The topological polar surface area (TPSA) is 96.4 Å². The van der Waals surface area contributed by atoms with E-state index in [0.29, 0.717) is 0 Å². The van der Waals surface area contributed by atoms with Crippen LogP contribution in [0.1, 0.15) is 27.7 Å². The standard InChI is InChI=1S/C7H10N2.2C5H8O2.Cu/c1-9(2)7-3-5-8-6-4-7;2*1-4(6)3-5(2)7;/h3-6H,1-2H3;2*3,6H,1-2H3;/q;;;+2/p-2/b;2*4-3-;. The maximum atomic E-state index is 9.98. The van der Waals surface area contributed by atoms with Crippen LogP contribution < -0.4 is 15.1 Å². The Kier molecular flexibility index (Phi) is 17.6. The molecule has 24 heavy (non-hydrogen) atoms. The van der Waals surface area contributed by atoms with E-state index in [2.05, 4.69) is 4.98 Å². The van der Waals surface area contributed by atoms with Crippen molar-refractivity contribution in [1.82, 2.24) is 4.98 Å². The first-order valence-electron chi connectivity index (χ1n) is 6.85. The van der Waals surface area contributed by atoms with Crippen molar-refractivity contribution in [3.63, 3.8) is 0 Å². The van der Waals surface area contributed by atoms with Crippen molar-refractivity contribution >= 4 is 17.3 Å². The number of carbonyl (C=O) groups excluding carboxylic acids is 2. The van der Waals surface area contributed by atoms with Gasteiger partial charge in [-0.2, -0.15) is 0 Å². The summed E-state index contributed by atoms with van der Waals surface area (Å²) in [4.78, 5) is 25.9. The van der Waals surface area contributed by atoms with Crippen LogP contribution in [0.15, 0.2) is 48.2 Å². The number of aromatic nitrogens is 1. The Bertz CT molecular complexity index is 505. The Morgan fingerprint density at radius 1 is 0.917 bits per heavy atom. The fourth-order valence-corrected chi connectivity index (χ4v) is 1.21. The zero-order valence-electron chi connectivity index (χ0n) is 14.8. The number of carbonyl (C=O) groups is 2. The van der Waals surface area contributed by atoms with Gasteiger partial charge in [-0.25, -0.2) is 0 Å². The van der Waals surface area contributed by atoms with Crippen molar-refractivity contribution in [3.8, 4) is 0 Å². The number of hydrogen-bond acceptors (Lipinski definition) is 6. The summed E-state index contributed by atoms with van der Waals surface area (Å²) in [7, 11) is 4.02. The van der Waals surface area contributed by atoms with Gasteiger partial charge in [0, 0.05) is 32.2 Å². The van der Waals surface area contributed by atoms with Crippen LogP contribution in [0.3, 0.4) is 0 Å². The molecule has 1 heterocycles. The van der Waals surface area contributed by atoms with E-state index in [1.54, 1.807) is 12.4 Å². The second-order valence-corrected chi connectivity index (χ2v) is 4.83. The van der Waals surface area contributed by atoms with Crippen molar-refractivity contribution in [1.29, 1.82) is 0 Å². The molecule has 7 heteroatoms. The summed E-state index contributed by atoms with van der Waals surface area (Å²) in [5.41, 5.74) is 1.19. The molecule has 1 rings (SSSR count). The van der Waals surface area contributed by atoms with Gasteiger partial charge >= 0.3 is 17.1 Å². The Balaban J connectivity index is -0.000000274. The number of pyridine rings is 1. The number of anilines is 1. The van der Waals surface area contributed by atoms with Crippen molar-refractivity contribution in [2.75, 3.05) is 19.0 Å². The predicted molar refractivity (Wildman–Crippen MR) is 87.4 cm³/mol. The second-order valence-electron chi connectivity index (χ2n) is 4.83. The fraction of sp³-hybridized carbons (Fsp3) is 0.353. The van der Waals surface area contributed by atoms with Gasteiger partial charge in [0.1, 0.15) is 0 Å². The van der Waals surface area contributed by atoms with Gasteiger partial charge in [0.15, 0.2) is 11.6 Å². The van der Waals surface area contributed by atoms with Gasteiger partial charge in [-0.05, 0) is 38.1 Å². The molecule has 0 atom stereocenters.